The highest BCUT2D eigenvalue weighted by Gasteiger charge is 2.66. The first kappa shape index (κ1) is 113. The Hall–Kier alpha value is -8.31. The van der Waals surface area contributed by atoms with E-state index in [1.165, 1.54) is 16.2 Å². The zero-order valence-electron chi connectivity index (χ0n) is 82.3. The number of rotatable bonds is 75. The van der Waals surface area contributed by atoms with Gasteiger partial charge >= 0.3 is 12.1 Å². The van der Waals surface area contributed by atoms with Crippen molar-refractivity contribution in [3.05, 3.63) is 125 Å². The Morgan fingerprint density at radius 3 is 1.58 bits per heavy atom. The van der Waals surface area contributed by atoms with Crippen molar-refractivity contribution in [2.45, 2.75) is 137 Å². The van der Waals surface area contributed by atoms with E-state index in [-0.39, 0.29) is 53.5 Å². The second-order valence-corrected chi connectivity index (χ2v) is 39.2. The number of benzene rings is 4. The molecule has 3 heterocycles. The zero-order chi connectivity index (χ0) is 99.2. The van der Waals surface area contributed by atoms with E-state index in [0.717, 1.165) is 59.0 Å². The molecule has 0 radical (unpaired) electrons. The Balaban J connectivity index is 0.735. The molecule has 11 rings (SSSR count). The minimum absolute atomic E-state index is 0.0196. The smallest absolute Gasteiger partial charge is 0.410 e. The number of nitrogens with zero attached hydrogens (tertiary/aromatic N) is 6. The highest BCUT2D eigenvalue weighted by atomic mass is 32.2. The molecule has 772 valence electrons. The van der Waals surface area contributed by atoms with Gasteiger partial charge in [0.25, 0.3) is 16.0 Å². The number of nitrogens with one attached hydrogen (secondary N) is 3. The van der Waals surface area contributed by atoms with Crippen LogP contribution in [0.2, 0.25) is 0 Å². The molecule has 139 heavy (non-hydrogen) atoms. The second kappa shape index (κ2) is 59.7. The minimum atomic E-state index is -4.57. The van der Waals surface area contributed by atoms with E-state index in [9.17, 15) is 42.0 Å². The Morgan fingerprint density at radius 1 is 0.540 bits per heavy atom. The summed E-state index contributed by atoms with van der Waals surface area (Å²) in [5.74, 6) is -3.43. The van der Waals surface area contributed by atoms with Crippen LogP contribution >= 0.6 is 11.3 Å². The summed E-state index contributed by atoms with van der Waals surface area (Å²) in [7, 11) is -1.31. The summed E-state index contributed by atoms with van der Waals surface area (Å²) in [6.45, 7) is 27.3. The number of nitrogens with two attached hydrogens (primary N) is 1. The maximum atomic E-state index is 14.6. The van der Waals surface area contributed by atoms with Crippen molar-refractivity contribution < 1.29 is 127 Å². The van der Waals surface area contributed by atoms with Crippen LogP contribution in [0.15, 0.2) is 97.2 Å². The van der Waals surface area contributed by atoms with Crippen molar-refractivity contribution in [3.8, 4) is 22.4 Å². The first-order valence-electron chi connectivity index (χ1n) is 48.4. The van der Waals surface area contributed by atoms with Gasteiger partial charge in [-0.3, -0.25) is 28.9 Å². The van der Waals surface area contributed by atoms with Gasteiger partial charge in [0.15, 0.2) is 10.8 Å². The maximum absolute atomic E-state index is 14.6. The third-order valence-electron chi connectivity index (χ3n) is 24.6. The van der Waals surface area contributed by atoms with Crippen molar-refractivity contribution in [1.82, 2.24) is 34.9 Å². The van der Waals surface area contributed by atoms with Crippen molar-refractivity contribution in [3.63, 3.8) is 0 Å². The molecule has 7 N–H and O–H groups in total. The summed E-state index contributed by atoms with van der Waals surface area (Å²) in [5.41, 5.74) is 10.6. The van der Waals surface area contributed by atoms with E-state index < -0.39 is 64.0 Å². The molecule has 2 unspecified atom stereocenters. The van der Waals surface area contributed by atoms with Crippen molar-refractivity contribution >= 4 is 83.0 Å². The van der Waals surface area contributed by atoms with Gasteiger partial charge in [-0.25, -0.2) is 19.6 Å². The van der Waals surface area contributed by atoms with Gasteiger partial charge in [-0.1, -0.05) is 81.5 Å². The first-order valence-corrected chi connectivity index (χ1v) is 50.9. The van der Waals surface area contributed by atoms with Crippen LogP contribution in [0.25, 0.3) is 43.4 Å². The Labute approximate surface area is 821 Å². The van der Waals surface area contributed by atoms with E-state index in [0.29, 0.717) is 306 Å². The molecule has 0 spiro atoms. The first-order chi connectivity index (χ1) is 67.2. The molecule has 0 aliphatic heterocycles. The van der Waals surface area contributed by atoms with Crippen LogP contribution in [-0.4, -0.2) is 353 Å². The fourth-order valence-electron chi connectivity index (χ4n) is 18.9. The van der Waals surface area contributed by atoms with E-state index in [4.69, 9.17) is 101 Å². The average molecular weight is 1990 g/mol. The largest absolute Gasteiger partial charge is 0.476 e. The van der Waals surface area contributed by atoms with Gasteiger partial charge in [-0.05, 0) is 177 Å². The Bertz CT molecular complexity index is 4890. The third-order valence-corrected chi connectivity index (χ3v) is 26.2. The number of carboxylic acids is 1. The fourth-order valence-corrected chi connectivity index (χ4v) is 20.2. The fraction of sp³-hybridized carbons (Fsp3) is 0.640. The molecule has 7 aromatic rings. The van der Waals surface area contributed by atoms with Gasteiger partial charge in [0.2, 0.25) is 11.8 Å². The quantitative estimate of drug-likeness (QED) is 0.0152. The molecule has 4 aliphatic carbocycles. The second-order valence-electron chi connectivity index (χ2n) is 36.6. The molecule has 4 bridgehead atoms. The lowest BCUT2D eigenvalue weighted by Gasteiger charge is -2.69. The number of aryl methyl sites for hydroxylation is 1. The summed E-state index contributed by atoms with van der Waals surface area (Å²) in [6.07, 6.45) is 8.30. The van der Waals surface area contributed by atoms with E-state index in [1.807, 2.05) is 86.1 Å². The third kappa shape index (κ3) is 38.7. The molecule has 4 aromatic carbocycles. The van der Waals surface area contributed by atoms with Crippen LogP contribution in [0.1, 0.15) is 130 Å². The molecule has 37 nitrogen and oxygen atoms in total. The number of aromatic nitrogens is 4. The Morgan fingerprint density at radius 2 is 1.06 bits per heavy atom. The van der Waals surface area contributed by atoms with Crippen LogP contribution < -0.4 is 21.7 Å². The summed E-state index contributed by atoms with van der Waals surface area (Å²) in [5, 5.41) is 26.4. The monoisotopic (exact) mass is 1980 g/mol. The SMILES string of the molecule is COCCOCCOCCOCCOCCOCCOCCOCCCN(CCCOCCOCCOCCOCCOCCOCCOCCOC)CCCc1cc(NC(=O)[C@H](C)NC(=O)[C@@H](N)C(C)C)ccc1COC(=O)N(CCOC12CC3(C)CC(C)(CC(Cn4ncc(-c5ccc(-c6ccc7cccc(C(=O)Nc8nc9ccccc9s8)c7c6)nc5C(=O)O)c4C)(C3)C1)C2)CCS(=O)(=O)O. The van der Waals surface area contributed by atoms with E-state index in [2.05, 4.69) is 39.7 Å². The van der Waals surface area contributed by atoms with Gasteiger partial charge in [-0.2, -0.15) is 13.5 Å². The van der Waals surface area contributed by atoms with Gasteiger partial charge < -0.3 is 117 Å². The highest BCUT2D eigenvalue weighted by Crippen LogP contribution is 2.72. The number of hydrogen-bond acceptors (Lipinski definition) is 31. The van der Waals surface area contributed by atoms with Gasteiger partial charge in [0.05, 0.1) is 231 Å². The summed E-state index contributed by atoms with van der Waals surface area (Å²) in [6, 6.07) is 25.8. The molecular weight excluding hydrogens is 1840 g/mol. The molecule has 4 atom stereocenters. The normalized spacial score (nSPS) is 17.8. The maximum Gasteiger partial charge on any atom is 0.410 e. The predicted molar refractivity (Wildman–Crippen MR) is 526 cm³/mol. The number of carbonyl (C=O) groups is 5. The molecule has 4 aliphatic rings. The molecule has 3 aromatic heterocycles. The van der Waals surface area contributed by atoms with Crippen molar-refractivity contribution in [2.75, 3.05) is 268 Å². The molecular formula is C100H148N10O27S2. The number of amides is 4. The van der Waals surface area contributed by atoms with Crippen LogP contribution in [0, 0.1) is 29.1 Å². The number of thiazole rings is 1. The Kier molecular flexibility index (Phi) is 48.4. The van der Waals surface area contributed by atoms with E-state index in [1.54, 1.807) is 57.7 Å². The summed E-state index contributed by atoms with van der Waals surface area (Å²) in [4.78, 5) is 81.7. The lowest BCUT2D eigenvalue weighted by Crippen LogP contribution is -2.64. The number of para-hydroxylation sites is 1. The summed E-state index contributed by atoms with van der Waals surface area (Å²) < 4.78 is 140. The number of methoxy groups -OCH3 is 2. The van der Waals surface area contributed by atoms with Crippen LogP contribution in [0.4, 0.5) is 15.6 Å². The molecule has 4 amide bonds. The predicted octanol–water partition coefficient (Wildman–Crippen LogP) is 11.3. The molecule has 4 fully saturated rings. The van der Waals surface area contributed by atoms with Crippen molar-refractivity contribution in [1.29, 1.82) is 0 Å². The number of aromatic carboxylic acids is 1. The number of ether oxygens (including phenoxy) is 18. The standard InChI is InChI=1S/C100H148N10O27S2/c1-74(2)89(101)93(113)103-75(3)91(111)104-81-23-22-80(78(63-81)16-12-26-108(27-13-31-122-38-40-126-46-48-130-54-56-134-60-58-132-52-50-128-44-42-124-36-34-120-7)28-14-32-123-39-41-127-47-49-131-55-57-135-61-59-133-53-51-129-45-43-125-37-35-121-8)66-136-96(116)109(30-62-139(117,118)119)29-33-137-100-70-97(5)67-98(6,71-100)69-99(68-97,72-100)73-110-76(4)85(65-102-110)82-24-25-86(105-90(82)94(114)115)79-21-20-77-15-11-17-83(84(77)64-79)92(112)107-95-106-87-18-9-10-19-88(87)138-95/h9-11,15,17-25,63-65,74-75,89H,12-14,16,26-62,66-73,101H2,1-8H3,(H,103,113)(H,104,111)(H,114,115)(H,106,107,112)(H,117,118,119)/t75-,89-,97?,98?,99?,100?/m0/s1. The average Bonchev–Trinajstić information content (AvgIpc) is 1.14. The summed E-state index contributed by atoms with van der Waals surface area (Å²) >= 11 is 1.38. The molecule has 4 saturated carbocycles. The van der Waals surface area contributed by atoms with Gasteiger partial charge in [-0.15, -0.1) is 0 Å². The number of anilines is 2. The van der Waals surface area contributed by atoms with Crippen LogP contribution in [-0.2, 0) is 125 Å². The zero-order valence-corrected chi connectivity index (χ0v) is 83.9. The van der Waals surface area contributed by atoms with Gasteiger partial charge in [0.1, 0.15) is 12.6 Å². The topological polar surface area (TPSA) is 438 Å². The molecule has 39 heteroatoms. The molecule has 0 saturated heterocycles. The van der Waals surface area contributed by atoms with Gasteiger partial charge in [0, 0.05) is 93.8 Å². The number of hydrogen-bond donors (Lipinski definition) is 6. The lowest BCUT2D eigenvalue weighted by molar-refractivity contribution is -0.248. The lowest BCUT2D eigenvalue weighted by atomic mass is 9.39. The minimum Gasteiger partial charge on any atom is -0.476 e. The van der Waals surface area contributed by atoms with Crippen LogP contribution in [0.3, 0.4) is 0 Å². The number of pyridine rings is 1. The number of carboxylic acid groups (broad SMARTS) is 1. The number of carbonyl (C=O) groups excluding carboxylic acids is 4. The van der Waals surface area contributed by atoms with E-state index >= 15 is 0 Å². The number of fused-ring (bicyclic) bond motifs is 2. The van der Waals surface area contributed by atoms with Crippen molar-refractivity contribution in [2.24, 2.45) is 27.9 Å². The highest BCUT2D eigenvalue weighted by molar-refractivity contribution is 7.85. The van der Waals surface area contributed by atoms with Crippen LogP contribution in [0.5, 0.6) is 0 Å².